The molecular weight excluding hydrogens is 548 g/mol. The Labute approximate surface area is 255 Å². The second-order valence-electron chi connectivity index (χ2n) is 16.8. The van der Waals surface area contributed by atoms with Crippen molar-refractivity contribution in [3.05, 3.63) is 35.4 Å². The Morgan fingerprint density at radius 2 is 1.63 bits per heavy atom. The van der Waals surface area contributed by atoms with Crippen LogP contribution in [-0.2, 0) is 16.1 Å². The summed E-state index contributed by atoms with van der Waals surface area (Å²) < 4.78 is 34.6. The molecule has 0 radical (unpaired) electrons. The normalized spacial score (nSPS) is 49.2. The van der Waals surface area contributed by atoms with Gasteiger partial charge in [0.2, 0.25) is 5.91 Å². The Morgan fingerprint density at radius 3 is 2.30 bits per heavy atom. The minimum atomic E-state index is -0.653. The number of ether oxygens (including phenoxy) is 1. The molecule has 0 bridgehead atoms. The third-order valence-corrected chi connectivity index (χ3v) is 15.0. The molecule has 2 spiro atoms. The van der Waals surface area contributed by atoms with E-state index in [1.165, 1.54) is 31.9 Å². The van der Waals surface area contributed by atoms with Crippen LogP contribution in [0.3, 0.4) is 0 Å². The van der Waals surface area contributed by atoms with Crippen molar-refractivity contribution in [2.75, 3.05) is 6.54 Å². The standard InChI is InChI=1S/C36H51F2NO4/c1-20-13-25(18-39(21(2)40)17-22-14-23(37)16-24(38)15-22)43-30-29(20)33(5)11-12-36-19-35(36)10-9-28(41)32(3,4)26(35)7-8-27(36)34(33,6)31(30)42/h14-16,20,25-31,41-42H,7-13,17-19H2,1-6H3. The molecule has 1 aromatic carbocycles. The van der Waals surface area contributed by atoms with E-state index in [-0.39, 0.29) is 58.3 Å². The first kappa shape index (κ1) is 30.1. The second kappa shape index (κ2) is 9.48. The number of hydrogen-bond donors (Lipinski definition) is 2. The number of amides is 1. The summed E-state index contributed by atoms with van der Waals surface area (Å²) in [6.45, 7) is 13.6. The van der Waals surface area contributed by atoms with Gasteiger partial charge in [-0.3, -0.25) is 4.79 Å². The van der Waals surface area contributed by atoms with Crippen molar-refractivity contribution in [2.45, 2.75) is 124 Å². The van der Waals surface area contributed by atoms with Crippen molar-refractivity contribution in [3.63, 3.8) is 0 Å². The number of nitrogens with zero attached hydrogens (tertiary/aromatic N) is 1. The lowest BCUT2D eigenvalue weighted by Crippen LogP contribution is -2.59. The molecule has 1 heterocycles. The Balaban J connectivity index is 1.15. The van der Waals surface area contributed by atoms with Gasteiger partial charge in [0, 0.05) is 31.5 Å². The van der Waals surface area contributed by atoms with Crippen LogP contribution in [0.4, 0.5) is 8.78 Å². The Bertz CT molecular complexity index is 1300. The van der Waals surface area contributed by atoms with Crippen LogP contribution in [0.2, 0.25) is 0 Å². The topological polar surface area (TPSA) is 70.0 Å². The number of carbonyl (C=O) groups is 1. The molecule has 1 amide bonds. The number of halogens is 2. The van der Waals surface area contributed by atoms with E-state index in [1.54, 1.807) is 4.90 Å². The Morgan fingerprint density at radius 1 is 0.977 bits per heavy atom. The van der Waals surface area contributed by atoms with E-state index >= 15 is 0 Å². The average Bonchev–Trinajstić information content (AvgIpc) is 3.55. The maximum atomic E-state index is 13.9. The van der Waals surface area contributed by atoms with Crippen molar-refractivity contribution in [1.29, 1.82) is 0 Å². The molecule has 5 nitrogen and oxygen atoms in total. The molecule has 12 atom stereocenters. The number of aliphatic hydroxyl groups is 2. The zero-order valence-electron chi connectivity index (χ0n) is 26.8. The molecule has 1 saturated heterocycles. The fourth-order valence-electron chi connectivity index (χ4n) is 13.0. The van der Waals surface area contributed by atoms with Gasteiger partial charge < -0.3 is 19.8 Å². The number of aliphatic hydroxyl groups excluding tert-OH is 2. The second-order valence-corrected chi connectivity index (χ2v) is 16.8. The van der Waals surface area contributed by atoms with Crippen molar-refractivity contribution in [2.24, 2.45) is 50.7 Å². The smallest absolute Gasteiger partial charge is 0.219 e. The van der Waals surface area contributed by atoms with Crippen molar-refractivity contribution in [3.8, 4) is 0 Å². The summed E-state index contributed by atoms with van der Waals surface area (Å²) in [4.78, 5) is 14.3. The van der Waals surface area contributed by atoms with Gasteiger partial charge >= 0.3 is 0 Å². The highest BCUT2D eigenvalue weighted by atomic mass is 19.1. The lowest BCUT2D eigenvalue weighted by atomic mass is 9.41. The SMILES string of the molecule is CC(=O)N(Cc1cc(F)cc(F)c1)CC1CC(C)C2C(O1)C(O)C1(C)C3CCC4C(C)(C)C(O)CCC45CC35CCC21C. The van der Waals surface area contributed by atoms with Crippen molar-refractivity contribution < 1.29 is 28.5 Å². The van der Waals surface area contributed by atoms with Crippen molar-refractivity contribution in [1.82, 2.24) is 4.90 Å². The van der Waals surface area contributed by atoms with Gasteiger partial charge in [0.25, 0.3) is 0 Å². The summed E-state index contributed by atoms with van der Waals surface area (Å²) in [5.74, 6) is 0.0542. The van der Waals surface area contributed by atoms with Crippen LogP contribution in [-0.4, -0.2) is 52.0 Å². The van der Waals surface area contributed by atoms with Gasteiger partial charge in [-0.1, -0.05) is 34.6 Å². The molecule has 12 unspecified atom stereocenters. The van der Waals surface area contributed by atoms with Crippen molar-refractivity contribution >= 4 is 5.91 Å². The highest BCUT2D eigenvalue weighted by Gasteiger charge is 2.84. The summed E-state index contributed by atoms with van der Waals surface area (Å²) in [6.07, 6.45) is 7.19. The van der Waals surface area contributed by atoms with E-state index in [9.17, 15) is 23.8 Å². The monoisotopic (exact) mass is 599 g/mol. The molecule has 7 heteroatoms. The van der Waals surface area contributed by atoms with E-state index in [4.69, 9.17) is 4.74 Å². The van der Waals surface area contributed by atoms with E-state index < -0.39 is 17.7 Å². The van der Waals surface area contributed by atoms with Gasteiger partial charge in [0.05, 0.1) is 24.4 Å². The van der Waals surface area contributed by atoms with E-state index in [0.717, 1.165) is 44.6 Å². The molecule has 43 heavy (non-hydrogen) atoms. The maximum absolute atomic E-state index is 13.9. The average molecular weight is 600 g/mol. The highest BCUT2D eigenvalue weighted by molar-refractivity contribution is 5.73. The first-order valence-corrected chi connectivity index (χ1v) is 16.8. The summed E-state index contributed by atoms with van der Waals surface area (Å²) in [5, 5.41) is 23.4. The molecule has 238 valence electrons. The number of hydrogen-bond acceptors (Lipinski definition) is 4. The minimum Gasteiger partial charge on any atom is -0.393 e. The predicted molar refractivity (Wildman–Crippen MR) is 160 cm³/mol. The molecule has 6 aliphatic rings. The largest absolute Gasteiger partial charge is 0.393 e. The first-order chi connectivity index (χ1) is 20.1. The quantitative estimate of drug-likeness (QED) is 0.415. The summed E-state index contributed by atoms with van der Waals surface area (Å²) in [7, 11) is 0. The van der Waals surface area contributed by atoms with Gasteiger partial charge in [-0.2, -0.15) is 0 Å². The Kier molecular flexibility index (Phi) is 6.64. The molecule has 0 aromatic heterocycles. The minimum absolute atomic E-state index is 0.0446. The van der Waals surface area contributed by atoms with Gasteiger partial charge in [-0.15, -0.1) is 0 Å². The van der Waals surface area contributed by atoms with Gasteiger partial charge in [-0.25, -0.2) is 8.78 Å². The lowest BCUT2D eigenvalue weighted by Gasteiger charge is -2.63. The van der Waals surface area contributed by atoms with Crippen LogP contribution in [0.25, 0.3) is 0 Å². The zero-order valence-corrected chi connectivity index (χ0v) is 26.8. The fourth-order valence-corrected chi connectivity index (χ4v) is 13.0. The lowest BCUT2D eigenvalue weighted by molar-refractivity contribution is -0.182. The van der Waals surface area contributed by atoms with E-state index in [0.29, 0.717) is 35.3 Å². The van der Waals surface area contributed by atoms with Gasteiger partial charge in [-0.05, 0) is 114 Å². The number of carbonyl (C=O) groups excluding carboxylic acids is 1. The molecule has 7 rings (SSSR count). The van der Waals surface area contributed by atoms with E-state index in [1.807, 2.05) is 0 Å². The number of benzene rings is 1. The molecular formula is C36H51F2NO4. The summed E-state index contributed by atoms with van der Waals surface area (Å²) in [5.41, 5.74) is 0.587. The third kappa shape index (κ3) is 3.86. The fraction of sp³-hybridized carbons (Fsp3) is 0.806. The zero-order chi connectivity index (χ0) is 30.9. The number of rotatable bonds is 4. The molecule has 1 aliphatic heterocycles. The molecule has 1 aromatic rings. The van der Waals surface area contributed by atoms with Crippen LogP contribution >= 0.6 is 0 Å². The number of fused-ring (bicyclic) bond motifs is 4. The molecule has 5 saturated carbocycles. The van der Waals surface area contributed by atoms with Crippen LogP contribution in [0, 0.1) is 62.4 Å². The van der Waals surface area contributed by atoms with Gasteiger partial charge in [0.15, 0.2) is 0 Å². The van der Waals surface area contributed by atoms with E-state index in [2.05, 4.69) is 34.6 Å². The molecule has 2 N–H and O–H groups in total. The predicted octanol–water partition coefficient (Wildman–Crippen LogP) is 6.49. The molecule has 6 fully saturated rings. The highest BCUT2D eigenvalue weighted by Crippen LogP contribution is 2.89. The summed E-state index contributed by atoms with van der Waals surface area (Å²) >= 11 is 0. The molecule has 5 aliphatic carbocycles. The van der Waals surface area contributed by atoms with Crippen LogP contribution in [0.15, 0.2) is 18.2 Å². The summed E-state index contributed by atoms with van der Waals surface area (Å²) in [6, 6.07) is 3.39. The third-order valence-electron chi connectivity index (χ3n) is 15.0. The first-order valence-electron chi connectivity index (χ1n) is 16.8. The van der Waals surface area contributed by atoms with Crippen LogP contribution in [0.1, 0.15) is 98.5 Å². The van der Waals surface area contributed by atoms with Crippen LogP contribution < -0.4 is 0 Å². The van der Waals surface area contributed by atoms with Gasteiger partial charge in [0.1, 0.15) is 11.6 Å². The maximum Gasteiger partial charge on any atom is 0.219 e. The Hall–Kier alpha value is -1.57. The van der Waals surface area contributed by atoms with Crippen LogP contribution in [0.5, 0.6) is 0 Å².